The van der Waals surface area contributed by atoms with Crippen LogP contribution in [-0.4, -0.2) is 17.1 Å². The van der Waals surface area contributed by atoms with Gasteiger partial charge in [-0.2, -0.15) is 0 Å². The van der Waals surface area contributed by atoms with Crippen molar-refractivity contribution in [3.05, 3.63) is 53.9 Å². The van der Waals surface area contributed by atoms with Crippen LogP contribution in [0.3, 0.4) is 0 Å². The largest absolute Gasteiger partial charge is 0.495 e. The lowest BCUT2D eigenvalue weighted by Crippen LogP contribution is -2.15. The molecule has 0 aliphatic heterocycles. The third-order valence-corrected chi connectivity index (χ3v) is 2.40. The van der Waals surface area contributed by atoms with Crippen molar-refractivity contribution in [1.29, 1.82) is 0 Å². The monoisotopic (exact) mass is 233 g/mol. The van der Waals surface area contributed by atoms with E-state index in [-0.39, 0.29) is 0 Å². The Hall–Kier alpha value is -2.01. The predicted molar refractivity (Wildman–Crippen MR) is 61.0 cm³/mol. The average molecular weight is 233 g/mol. The maximum Gasteiger partial charge on any atom is 0.142 e. The number of pyridine rings is 2. The molecule has 4 nitrogen and oxygen atoms in total. The summed E-state index contributed by atoms with van der Waals surface area (Å²) in [5, 5.41) is 0. The highest BCUT2D eigenvalue weighted by Crippen LogP contribution is 2.25. The summed E-state index contributed by atoms with van der Waals surface area (Å²) in [5.74, 6) is 0.150. The summed E-state index contributed by atoms with van der Waals surface area (Å²) in [6.07, 6.45) is 4.26. The Bertz CT molecular complexity index is 519. The van der Waals surface area contributed by atoms with Crippen LogP contribution in [-0.2, 0) is 0 Å². The van der Waals surface area contributed by atoms with Gasteiger partial charge in [0.2, 0.25) is 0 Å². The Kier molecular flexibility index (Phi) is 3.30. The van der Waals surface area contributed by atoms with E-state index in [0.717, 1.165) is 6.20 Å². The van der Waals surface area contributed by atoms with E-state index < -0.39 is 11.9 Å². The third-order valence-electron chi connectivity index (χ3n) is 2.40. The standard InChI is InChI=1S/C12H12FN3O/c1-17-10-3-2-4-16-12(10)11(14)8-5-9(13)7-15-6-8/h2-7,11H,14H2,1H3. The van der Waals surface area contributed by atoms with E-state index in [4.69, 9.17) is 10.5 Å². The highest BCUT2D eigenvalue weighted by atomic mass is 19.1. The number of hydrogen-bond acceptors (Lipinski definition) is 4. The van der Waals surface area contributed by atoms with Crippen LogP contribution in [0.5, 0.6) is 5.75 Å². The van der Waals surface area contributed by atoms with Gasteiger partial charge >= 0.3 is 0 Å². The summed E-state index contributed by atoms with van der Waals surface area (Å²) in [6.45, 7) is 0. The second kappa shape index (κ2) is 4.88. The van der Waals surface area contributed by atoms with E-state index in [1.165, 1.54) is 19.4 Å². The fraction of sp³-hybridized carbons (Fsp3) is 0.167. The van der Waals surface area contributed by atoms with Crippen LogP contribution in [0, 0.1) is 5.82 Å². The minimum absolute atomic E-state index is 0.423. The molecule has 5 heteroatoms. The Morgan fingerprint density at radius 1 is 1.41 bits per heavy atom. The van der Waals surface area contributed by atoms with E-state index in [1.54, 1.807) is 18.3 Å². The number of aromatic nitrogens is 2. The van der Waals surface area contributed by atoms with Crippen LogP contribution in [0.1, 0.15) is 17.3 Å². The highest BCUT2D eigenvalue weighted by molar-refractivity contribution is 5.35. The summed E-state index contributed by atoms with van der Waals surface area (Å²) in [5.41, 5.74) is 7.13. The normalized spacial score (nSPS) is 12.2. The fourth-order valence-corrected chi connectivity index (χ4v) is 1.57. The van der Waals surface area contributed by atoms with Crippen molar-refractivity contribution in [2.45, 2.75) is 6.04 Å². The molecule has 1 unspecified atom stereocenters. The minimum atomic E-state index is -0.561. The maximum atomic E-state index is 13.1. The van der Waals surface area contributed by atoms with Crippen molar-refractivity contribution in [3.8, 4) is 5.75 Å². The number of hydrogen-bond donors (Lipinski definition) is 1. The molecule has 2 rings (SSSR count). The molecule has 0 fully saturated rings. The fourth-order valence-electron chi connectivity index (χ4n) is 1.57. The summed E-state index contributed by atoms with van der Waals surface area (Å²) >= 11 is 0. The van der Waals surface area contributed by atoms with Gasteiger partial charge in [0.25, 0.3) is 0 Å². The Balaban J connectivity index is 2.40. The zero-order valence-electron chi connectivity index (χ0n) is 9.30. The first-order chi connectivity index (χ1) is 8.22. The third kappa shape index (κ3) is 2.39. The van der Waals surface area contributed by atoms with Gasteiger partial charge in [-0.1, -0.05) is 0 Å². The van der Waals surface area contributed by atoms with E-state index >= 15 is 0 Å². The maximum absolute atomic E-state index is 13.1. The lowest BCUT2D eigenvalue weighted by molar-refractivity contribution is 0.404. The van der Waals surface area contributed by atoms with Gasteiger partial charge in [0.05, 0.1) is 19.3 Å². The van der Waals surface area contributed by atoms with Gasteiger partial charge in [0.1, 0.15) is 17.3 Å². The van der Waals surface area contributed by atoms with Gasteiger partial charge in [-0.05, 0) is 23.8 Å². The van der Waals surface area contributed by atoms with Gasteiger partial charge in [-0.25, -0.2) is 4.39 Å². The summed E-state index contributed by atoms with van der Waals surface area (Å²) in [4.78, 5) is 7.92. The molecule has 0 saturated carbocycles. The number of nitrogens with zero attached hydrogens (tertiary/aromatic N) is 2. The molecule has 0 saturated heterocycles. The molecule has 0 amide bonds. The van der Waals surface area contributed by atoms with Crippen LogP contribution in [0.4, 0.5) is 4.39 Å². The smallest absolute Gasteiger partial charge is 0.142 e. The van der Waals surface area contributed by atoms with E-state index in [2.05, 4.69) is 9.97 Å². The quantitative estimate of drug-likeness (QED) is 0.876. The van der Waals surface area contributed by atoms with Gasteiger partial charge in [0, 0.05) is 12.4 Å². The summed E-state index contributed by atoms with van der Waals surface area (Å²) < 4.78 is 18.2. The molecule has 88 valence electrons. The van der Waals surface area contributed by atoms with Gasteiger partial charge in [-0.15, -0.1) is 0 Å². The molecule has 2 aromatic heterocycles. The molecule has 1 atom stereocenters. The van der Waals surface area contributed by atoms with Crippen LogP contribution >= 0.6 is 0 Å². The zero-order valence-corrected chi connectivity index (χ0v) is 9.30. The topological polar surface area (TPSA) is 61.0 Å². The SMILES string of the molecule is COc1cccnc1C(N)c1cncc(F)c1. The zero-order chi connectivity index (χ0) is 12.3. The van der Waals surface area contributed by atoms with Crippen LogP contribution in [0.15, 0.2) is 36.8 Å². The Labute approximate surface area is 98.3 Å². The molecule has 0 radical (unpaired) electrons. The van der Waals surface area contributed by atoms with Crippen molar-refractivity contribution < 1.29 is 9.13 Å². The molecule has 17 heavy (non-hydrogen) atoms. The molecular formula is C12H12FN3O. The van der Waals surface area contributed by atoms with E-state index in [0.29, 0.717) is 17.0 Å². The molecule has 2 heterocycles. The lowest BCUT2D eigenvalue weighted by Gasteiger charge is -2.14. The molecule has 0 aliphatic rings. The van der Waals surface area contributed by atoms with Gasteiger partial charge in [-0.3, -0.25) is 9.97 Å². The van der Waals surface area contributed by atoms with Crippen molar-refractivity contribution in [2.75, 3.05) is 7.11 Å². The number of rotatable bonds is 3. The number of nitrogens with two attached hydrogens (primary N) is 1. The minimum Gasteiger partial charge on any atom is -0.495 e. The second-order valence-electron chi connectivity index (χ2n) is 3.51. The highest BCUT2D eigenvalue weighted by Gasteiger charge is 2.15. The Morgan fingerprint density at radius 2 is 2.24 bits per heavy atom. The molecular weight excluding hydrogens is 221 g/mol. The molecule has 2 aromatic rings. The van der Waals surface area contributed by atoms with Crippen LogP contribution in [0.25, 0.3) is 0 Å². The summed E-state index contributed by atoms with van der Waals surface area (Å²) in [7, 11) is 1.54. The number of ether oxygens (including phenoxy) is 1. The summed E-state index contributed by atoms with van der Waals surface area (Å²) in [6, 6.07) is 4.29. The first-order valence-corrected chi connectivity index (χ1v) is 5.07. The Morgan fingerprint density at radius 3 is 2.94 bits per heavy atom. The van der Waals surface area contributed by atoms with E-state index in [1.807, 2.05) is 0 Å². The lowest BCUT2D eigenvalue weighted by atomic mass is 10.1. The molecule has 0 bridgehead atoms. The number of halogens is 1. The van der Waals surface area contributed by atoms with E-state index in [9.17, 15) is 4.39 Å². The number of methoxy groups -OCH3 is 1. The van der Waals surface area contributed by atoms with Gasteiger partial charge in [0.15, 0.2) is 0 Å². The molecule has 0 aromatic carbocycles. The average Bonchev–Trinajstić information content (AvgIpc) is 2.38. The van der Waals surface area contributed by atoms with Gasteiger partial charge < -0.3 is 10.5 Å². The molecule has 0 spiro atoms. The van der Waals surface area contributed by atoms with Crippen LogP contribution in [0.2, 0.25) is 0 Å². The van der Waals surface area contributed by atoms with Crippen LogP contribution < -0.4 is 10.5 Å². The van der Waals surface area contributed by atoms with Crippen molar-refractivity contribution in [2.24, 2.45) is 5.73 Å². The van der Waals surface area contributed by atoms with Crippen molar-refractivity contribution in [1.82, 2.24) is 9.97 Å². The van der Waals surface area contributed by atoms with Crippen molar-refractivity contribution in [3.63, 3.8) is 0 Å². The van der Waals surface area contributed by atoms with Crippen molar-refractivity contribution >= 4 is 0 Å². The molecule has 0 aliphatic carbocycles. The first kappa shape index (κ1) is 11.5. The second-order valence-corrected chi connectivity index (χ2v) is 3.51. The first-order valence-electron chi connectivity index (χ1n) is 5.07. The predicted octanol–water partition coefficient (Wildman–Crippen LogP) is 1.67. The molecule has 2 N–H and O–H groups in total.